The highest BCUT2D eigenvalue weighted by Crippen LogP contribution is 2.15. The molecule has 0 heterocycles. The second-order valence-electron chi connectivity index (χ2n) is 4.02. The van der Waals surface area contributed by atoms with E-state index in [1.165, 1.54) is 44.1 Å². The van der Waals surface area contributed by atoms with Crippen molar-refractivity contribution in [1.29, 1.82) is 0 Å². The highest BCUT2D eigenvalue weighted by Gasteiger charge is 1.96. The van der Waals surface area contributed by atoms with Crippen LogP contribution in [0.5, 0.6) is 5.75 Å². The first-order valence-corrected chi connectivity index (χ1v) is 5.99. The van der Waals surface area contributed by atoms with Crippen LogP contribution in [-0.2, 0) is 6.42 Å². The van der Waals surface area contributed by atoms with E-state index in [2.05, 4.69) is 25.1 Å². The van der Waals surface area contributed by atoms with E-state index in [1.807, 2.05) is 6.07 Å². The summed E-state index contributed by atoms with van der Waals surface area (Å²) in [5.74, 6) is 0.973. The maximum atomic E-state index is 5.20. The van der Waals surface area contributed by atoms with Crippen LogP contribution in [0.3, 0.4) is 0 Å². The molecule has 0 radical (unpaired) electrons. The normalized spacial score (nSPS) is 10.3. The molecular weight excluding hydrogens is 184 g/mol. The summed E-state index contributed by atoms with van der Waals surface area (Å²) in [7, 11) is 1.72. The van der Waals surface area contributed by atoms with Crippen LogP contribution in [0, 0.1) is 0 Å². The molecule has 0 N–H and O–H groups in total. The van der Waals surface area contributed by atoms with Crippen molar-refractivity contribution in [2.24, 2.45) is 0 Å². The van der Waals surface area contributed by atoms with Crippen LogP contribution >= 0.6 is 0 Å². The average molecular weight is 206 g/mol. The molecule has 0 unspecified atom stereocenters. The molecule has 1 rings (SSSR count). The maximum absolute atomic E-state index is 5.20. The second kappa shape index (κ2) is 7.33. The Morgan fingerprint density at radius 2 is 1.87 bits per heavy atom. The van der Waals surface area contributed by atoms with E-state index in [4.69, 9.17) is 4.74 Å². The molecule has 1 heteroatoms. The van der Waals surface area contributed by atoms with Crippen LogP contribution in [0.4, 0.5) is 0 Å². The number of methoxy groups -OCH3 is 1. The van der Waals surface area contributed by atoms with Gasteiger partial charge in [-0.2, -0.15) is 0 Å². The summed E-state index contributed by atoms with van der Waals surface area (Å²) in [4.78, 5) is 0. The van der Waals surface area contributed by atoms with Crippen LogP contribution in [-0.4, -0.2) is 7.11 Å². The third-order valence-corrected chi connectivity index (χ3v) is 2.70. The largest absolute Gasteiger partial charge is 0.497 e. The smallest absolute Gasteiger partial charge is 0.119 e. The number of rotatable bonds is 7. The van der Waals surface area contributed by atoms with Gasteiger partial charge in [0.05, 0.1) is 7.11 Å². The minimum absolute atomic E-state index is 0.973. The molecule has 84 valence electrons. The van der Waals surface area contributed by atoms with Crippen molar-refractivity contribution in [2.75, 3.05) is 7.11 Å². The number of hydrogen-bond donors (Lipinski definition) is 0. The molecule has 0 spiro atoms. The first-order valence-electron chi connectivity index (χ1n) is 5.99. The van der Waals surface area contributed by atoms with Crippen LogP contribution in [0.1, 0.15) is 44.6 Å². The molecule has 0 aliphatic carbocycles. The molecule has 1 aromatic carbocycles. The van der Waals surface area contributed by atoms with Gasteiger partial charge in [0, 0.05) is 0 Å². The number of hydrogen-bond acceptors (Lipinski definition) is 1. The van der Waals surface area contributed by atoms with Gasteiger partial charge in [0.2, 0.25) is 0 Å². The van der Waals surface area contributed by atoms with Gasteiger partial charge in [0.25, 0.3) is 0 Å². The zero-order valence-electron chi connectivity index (χ0n) is 9.96. The van der Waals surface area contributed by atoms with Crippen molar-refractivity contribution in [2.45, 2.75) is 45.4 Å². The first-order chi connectivity index (χ1) is 7.36. The molecular formula is C14H22O. The number of unbranched alkanes of at least 4 members (excludes halogenated alkanes) is 4. The molecule has 1 nitrogen and oxygen atoms in total. The predicted octanol–water partition coefficient (Wildman–Crippen LogP) is 4.21. The third-order valence-electron chi connectivity index (χ3n) is 2.70. The van der Waals surface area contributed by atoms with Gasteiger partial charge in [-0.3, -0.25) is 0 Å². The molecule has 15 heavy (non-hydrogen) atoms. The second-order valence-corrected chi connectivity index (χ2v) is 4.02. The van der Waals surface area contributed by atoms with Crippen LogP contribution in [0.2, 0.25) is 0 Å². The summed E-state index contributed by atoms with van der Waals surface area (Å²) in [5, 5.41) is 0. The lowest BCUT2D eigenvalue weighted by molar-refractivity contribution is 0.414. The lowest BCUT2D eigenvalue weighted by Crippen LogP contribution is -1.88. The van der Waals surface area contributed by atoms with Crippen LogP contribution in [0.15, 0.2) is 24.3 Å². The topological polar surface area (TPSA) is 9.23 Å². The van der Waals surface area contributed by atoms with E-state index in [1.54, 1.807) is 7.11 Å². The number of benzene rings is 1. The fourth-order valence-corrected chi connectivity index (χ4v) is 1.76. The molecule has 0 aromatic heterocycles. The first kappa shape index (κ1) is 12.1. The summed E-state index contributed by atoms with van der Waals surface area (Å²) in [6.45, 7) is 2.25. The Hall–Kier alpha value is -0.980. The highest BCUT2D eigenvalue weighted by atomic mass is 16.5. The quantitative estimate of drug-likeness (QED) is 0.607. The summed E-state index contributed by atoms with van der Waals surface area (Å²) in [6.07, 6.45) is 7.90. The van der Waals surface area contributed by atoms with Crippen molar-refractivity contribution in [3.63, 3.8) is 0 Å². The SMILES string of the molecule is CCCCCCCc1cccc(OC)c1. The molecule has 0 fully saturated rings. The predicted molar refractivity (Wildman–Crippen MR) is 65.5 cm³/mol. The monoisotopic (exact) mass is 206 g/mol. The molecule has 1 aromatic rings. The van der Waals surface area contributed by atoms with Crippen molar-refractivity contribution in [3.8, 4) is 5.75 Å². The Morgan fingerprint density at radius 1 is 1.07 bits per heavy atom. The zero-order valence-corrected chi connectivity index (χ0v) is 9.96. The van der Waals surface area contributed by atoms with Crippen LogP contribution in [0.25, 0.3) is 0 Å². The van der Waals surface area contributed by atoms with E-state index < -0.39 is 0 Å². The minimum atomic E-state index is 0.973. The van der Waals surface area contributed by atoms with Gasteiger partial charge in [-0.25, -0.2) is 0 Å². The highest BCUT2D eigenvalue weighted by molar-refractivity contribution is 5.28. The molecule has 0 aliphatic heterocycles. The summed E-state index contributed by atoms with van der Waals surface area (Å²) < 4.78 is 5.20. The third kappa shape index (κ3) is 4.87. The fraction of sp³-hybridized carbons (Fsp3) is 0.571. The zero-order chi connectivity index (χ0) is 10.9. The fourth-order valence-electron chi connectivity index (χ4n) is 1.76. The van der Waals surface area contributed by atoms with Crippen molar-refractivity contribution in [3.05, 3.63) is 29.8 Å². The van der Waals surface area contributed by atoms with Gasteiger partial charge in [-0.1, -0.05) is 44.7 Å². The van der Waals surface area contributed by atoms with Crippen LogP contribution < -0.4 is 4.74 Å². The Morgan fingerprint density at radius 3 is 2.60 bits per heavy atom. The lowest BCUT2D eigenvalue weighted by Gasteiger charge is -2.04. The van der Waals surface area contributed by atoms with Crippen molar-refractivity contribution < 1.29 is 4.74 Å². The lowest BCUT2D eigenvalue weighted by atomic mass is 10.1. The van der Waals surface area contributed by atoms with Crippen molar-refractivity contribution in [1.82, 2.24) is 0 Å². The summed E-state index contributed by atoms with van der Waals surface area (Å²) in [5.41, 5.74) is 1.39. The molecule has 0 bridgehead atoms. The average Bonchev–Trinajstić information content (AvgIpc) is 2.29. The van der Waals surface area contributed by atoms with E-state index in [-0.39, 0.29) is 0 Å². The number of aryl methyl sites for hydroxylation is 1. The van der Waals surface area contributed by atoms with E-state index in [9.17, 15) is 0 Å². The van der Waals surface area contributed by atoms with Gasteiger partial charge in [-0.15, -0.1) is 0 Å². The number of ether oxygens (including phenoxy) is 1. The molecule has 0 saturated heterocycles. The van der Waals surface area contributed by atoms with Gasteiger partial charge in [0.1, 0.15) is 5.75 Å². The van der Waals surface area contributed by atoms with Gasteiger partial charge < -0.3 is 4.74 Å². The summed E-state index contributed by atoms with van der Waals surface area (Å²) >= 11 is 0. The van der Waals surface area contributed by atoms with E-state index in [0.29, 0.717) is 0 Å². The Labute approximate surface area is 93.5 Å². The Kier molecular flexibility index (Phi) is 5.91. The van der Waals surface area contributed by atoms with Crippen molar-refractivity contribution >= 4 is 0 Å². The maximum Gasteiger partial charge on any atom is 0.119 e. The van der Waals surface area contributed by atoms with E-state index in [0.717, 1.165) is 5.75 Å². The van der Waals surface area contributed by atoms with E-state index >= 15 is 0 Å². The van der Waals surface area contributed by atoms with Gasteiger partial charge in [-0.05, 0) is 30.5 Å². The standard InChI is InChI=1S/C14H22O/c1-3-4-5-6-7-9-13-10-8-11-14(12-13)15-2/h8,10-12H,3-7,9H2,1-2H3. The minimum Gasteiger partial charge on any atom is -0.497 e. The molecule has 0 saturated carbocycles. The molecule has 0 aliphatic rings. The molecule has 0 atom stereocenters. The van der Waals surface area contributed by atoms with Gasteiger partial charge in [0.15, 0.2) is 0 Å². The Bertz CT molecular complexity index is 268. The Balaban J connectivity index is 2.24. The summed E-state index contributed by atoms with van der Waals surface area (Å²) in [6, 6.07) is 8.39. The van der Waals surface area contributed by atoms with Gasteiger partial charge >= 0.3 is 0 Å². The molecule has 0 amide bonds.